The quantitative estimate of drug-likeness (QED) is 0.655. The molecule has 0 bridgehead atoms. The molecule has 4 heteroatoms. The van der Waals surface area contributed by atoms with Crippen molar-refractivity contribution in [3.05, 3.63) is 28.2 Å². The lowest BCUT2D eigenvalue weighted by molar-refractivity contribution is 0.0812. The number of benzene rings is 1. The number of nitrogens with two attached hydrogens (primary N) is 1. The van der Waals surface area contributed by atoms with Crippen LogP contribution in [0.15, 0.2) is 22.7 Å². The number of carbonyl (C=O) groups is 1. The summed E-state index contributed by atoms with van der Waals surface area (Å²) < 4.78 is 0.610. The van der Waals surface area contributed by atoms with Gasteiger partial charge in [-0.25, -0.2) is 0 Å². The first-order chi connectivity index (χ1) is 7.07. The minimum absolute atomic E-state index is 0.146. The molecule has 1 aromatic carbocycles. The molecule has 78 valence electrons. The predicted molar refractivity (Wildman–Crippen MR) is 64.3 cm³/mol. The highest BCUT2D eigenvalue weighted by Gasteiger charge is 2.14. The van der Waals surface area contributed by atoms with Crippen molar-refractivity contribution in [2.45, 2.75) is 0 Å². The molecule has 1 rings (SSSR count). The Morgan fingerprint density at radius 1 is 1.67 bits per heavy atom. The predicted octanol–water partition coefficient (Wildman–Crippen LogP) is 1.74. The molecule has 0 saturated carbocycles. The molecule has 1 amide bonds. The summed E-state index contributed by atoms with van der Waals surface area (Å²) >= 11 is 3.28. The molecule has 0 fully saturated rings. The highest BCUT2D eigenvalue weighted by Crippen LogP contribution is 2.24. The summed E-state index contributed by atoms with van der Waals surface area (Å²) in [5.41, 5.74) is 6.73. The number of anilines is 1. The SMILES string of the molecule is C#CCN(C)C(=O)c1cccc(N)c1Br. The lowest BCUT2D eigenvalue weighted by Gasteiger charge is -2.15. The molecule has 0 aliphatic heterocycles. The number of hydrogen-bond acceptors (Lipinski definition) is 2. The van der Waals surface area contributed by atoms with E-state index in [9.17, 15) is 4.79 Å². The third-order valence-corrected chi connectivity index (χ3v) is 2.82. The smallest absolute Gasteiger partial charge is 0.255 e. The fourth-order valence-electron chi connectivity index (χ4n) is 1.13. The highest BCUT2D eigenvalue weighted by molar-refractivity contribution is 9.10. The van der Waals surface area contributed by atoms with Gasteiger partial charge in [-0.2, -0.15) is 0 Å². The Hall–Kier alpha value is -1.47. The monoisotopic (exact) mass is 266 g/mol. The summed E-state index contributed by atoms with van der Waals surface area (Å²) in [6.45, 7) is 0.278. The Morgan fingerprint density at radius 2 is 2.33 bits per heavy atom. The molecular weight excluding hydrogens is 256 g/mol. The topological polar surface area (TPSA) is 46.3 Å². The molecule has 0 heterocycles. The number of nitrogens with zero attached hydrogens (tertiary/aromatic N) is 1. The molecule has 15 heavy (non-hydrogen) atoms. The molecule has 0 unspecified atom stereocenters. The summed E-state index contributed by atoms with van der Waals surface area (Å²) in [5, 5.41) is 0. The van der Waals surface area contributed by atoms with Crippen LogP contribution in [0, 0.1) is 12.3 Å². The minimum atomic E-state index is -0.146. The van der Waals surface area contributed by atoms with Crippen molar-refractivity contribution in [2.75, 3.05) is 19.3 Å². The van der Waals surface area contributed by atoms with Gasteiger partial charge in [0.05, 0.1) is 16.6 Å². The van der Waals surface area contributed by atoms with E-state index in [1.165, 1.54) is 4.90 Å². The lowest BCUT2D eigenvalue weighted by atomic mass is 10.2. The number of amides is 1. The second-order valence-corrected chi connectivity index (χ2v) is 3.87. The molecule has 2 N–H and O–H groups in total. The van der Waals surface area contributed by atoms with Gasteiger partial charge in [0.25, 0.3) is 5.91 Å². The first-order valence-electron chi connectivity index (χ1n) is 4.31. The molecular formula is C11H11BrN2O. The van der Waals surface area contributed by atoms with Crippen molar-refractivity contribution in [3.8, 4) is 12.3 Å². The van der Waals surface area contributed by atoms with Gasteiger partial charge in [-0.1, -0.05) is 12.0 Å². The zero-order valence-corrected chi connectivity index (χ0v) is 9.91. The largest absolute Gasteiger partial charge is 0.398 e. The van der Waals surface area contributed by atoms with E-state index in [1.807, 2.05) is 0 Å². The van der Waals surface area contributed by atoms with Crippen LogP contribution in [0.5, 0.6) is 0 Å². The normalized spacial score (nSPS) is 9.40. The maximum Gasteiger partial charge on any atom is 0.255 e. The fourth-order valence-corrected chi connectivity index (χ4v) is 1.56. The van der Waals surface area contributed by atoms with E-state index in [0.717, 1.165) is 0 Å². The Bertz CT molecular complexity index is 423. The van der Waals surface area contributed by atoms with Crippen LogP contribution in [-0.2, 0) is 0 Å². The molecule has 0 spiro atoms. The molecule has 0 radical (unpaired) electrons. The second kappa shape index (κ2) is 4.85. The summed E-state index contributed by atoms with van der Waals surface area (Å²) in [6, 6.07) is 5.16. The minimum Gasteiger partial charge on any atom is -0.398 e. The number of rotatable bonds is 2. The lowest BCUT2D eigenvalue weighted by Crippen LogP contribution is -2.27. The van der Waals surface area contributed by atoms with Crippen LogP contribution in [0.25, 0.3) is 0 Å². The van der Waals surface area contributed by atoms with Crippen LogP contribution in [0.2, 0.25) is 0 Å². The molecule has 0 aliphatic rings. The number of nitrogen functional groups attached to an aromatic ring is 1. The molecule has 0 saturated heterocycles. The van der Waals surface area contributed by atoms with E-state index in [1.54, 1.807) is 25.2 Å². The van der Waals surface area contributed by atoms with E-state index >= 15 is 0 Å². The second-order valence-electron chi connectivity index (χ2n) is 3.07. The molecule has 0 atom stereocenters. The third kappa shape index (κ3) is 2.51. The summed E-state index contributed by atoms with van der Waals surface area (Å²) in [5.74, 6) is 2.26. The Labute approximate surface area is 97.4 Å². The van der Waals surface area contributed by atoms with E-state index in [-0.39, 0.29) is 12.5 Å². The van der Waals surface area contributed by atoms with Crippen molar-refractivity contribution >= 4 is 27.5 Å². The zero-order valence-electron chi connectivity index (χ0n) is 8.33. The van der Waals surface area contributed by atoms with Crippen molar-refractivity contribution in [1.29, 1.82) is 0 Å². The van der Waals surface area contributed by atoms with Gasteiger partial charge in [0.2, 0.25) is 0 Å². The number of halogens is 1. The highest BCUT2D eigenvalue weighted by atomic mass is 79.9. The van der Waals surface area contributed by atoms with Gasteiger partial charge < -0.3 is 10.6 Å². The van der Waals surface area contributed by atoms with Crippen LogP contribution in [0.4, 0.5) is 5.69 Å². The van der Waals surface area contributed by atoms with Gasteiger partial charge >= 0.3 is 0 Å². The fraction of sp³-hybridized carbons (Fsp3) is 0.182. The Morgan fingerprint density at radius 3 is 2.93 bits per heavy atom. The van der Waals surface area contributed by atoms with Gasteiger partial charge in [0, 0.05) is 12.7 Å². The number of terminal acetylenes is 1. The molecule has 3 nitrogen and oxygen atoms in total. The first kappa shape index (κ1) is 11.6. The standard InChI is InChI=1S/C11H11BrN2O/c1-3-7-14(2)11(15)8-5-4-6-9(13)10(8)12/h1,4-6H,7,13H2,2H3. The zero-order chi connectivity index (χ0) is 11.4. The van der Waals surface area contributed by atoms with E-state index in [0.29, 0.717) is 15.7 Å². The number of hydrogen-bond donors (Lipinski definition) is 1. The van der Waals surface area contributed by atoms with Crippen molar-refractivity contribution in [1.82, 2.24) is 4.90 Å². The van der Waals surface area contributed by atoms with E-state index in [2.05, 4.69) is 21.9 Å². The van der Waals surface area contributed by atoms with Crippen molar-refractivity contribution < 1.29 is 4.79 Å². The summed E-state index contributed by atoms with van der Waals surface area (Å²) in [6.07, 6.45) is 5.13. The molecule has 1 aromatic rings. The average molecular weight is 267 g/mol. The van der Waals surface area contributed by atoms with Gasteiger partial charge in [-0.15, -0.1) is 6.42 Å². The molecule has 0 aromatic heterocycles. The van der Waals surface area contributed by atoms with Gasteiger partial charge in [-0.05, 0) is 28.1 Å². The Balaban J connectivity index is 3.02. The van der Waals surface area contributed by atoms with Crippen LogP contribution < -0.4 is 5.73 Å². The maximum absolute atomic E-state index is 11.9. The van der Waals surface area contributed by atoms with Crippen molar-refractivity contribution in [2.24, 2.45) is 0 Å². The van der Waals surface area contributed by atoms with Crippen LogP contribution in [0.1, 0.15) is 10.4 Å². The molecule has 0 aliphatic carbocycles. The van der Waals surface area contributed by atoms with Crippen LogP contribution >= 0.6 is 15.9 Å². The van der Waals surface area contributed by atoms with Gasteiger partial charge in [0.15, 0.2) is 0 Å². The Kier molecular flexibility index (Phi) is 3.75. The van der Waals surface area contributed by atoms with Gasteiger partial charge in [-0.3, -0.25) is 4.79 Å². The average Bonchev–Trinajstić information content (AvgIpc) is 2.21. The van der Waals surface area contributed by atoms with Crippen LogP contribution in [0.3, 0.4) is 0 Å². The summed E-state index contributed by atoms with van der Waals surface area (Å²) in [7, 11) is 1.65. The van der Waals surface area contributed by atoms with Crippen LogP contribution in [-0.4, -0.2) is 24.4 Å². The maximum atomic E-state index is 11.9. The third-order valence-electron chi connectivity index (χ3n) is 1.93. The van der Waals surface area contributed by atoms with E-state index < -0.39 is 0 Å². The number of carbonyl (C=O) groups excluding carboxylic acids is 1. The van der Waals surface area contributed by atoms with E-state index in [4.69, 9.17) is 12.2 Å². The van der Waals surface area contributed by atoms with Crippen molar-refractivity contribution in [3.63, 3.8) is 0 Å². The summed E-state index contributed by atoms with van der Waals surface area (Å²) in [4.78, 5) is 13.3. The van der Waals surface area contributed by atoms with Gasteiger partial charge in [0.1, 0.15) is 0 Å². The first-order valence-corrected chi connectivity index (χ1v) is 5.10.